The highest BCUT2D eigenvalue weighted by Crippen LogP contribution is 2.31. The summed E-state index contributed by atoms with van der Waals surface area (Å²) in [4.78, 5) is 23.7. The molecule has 1 aliphatic heterocycles. The van der Waals surface area contributed by atoms with Crippen molar-refractivity contribution in [2.24, 2.45) is 0 Å². The van der Waals surface area contributed by atoms with Crippen LogP contribution in [0.15, 0.2) is 12.1 Å². The van der Waals surface area contributed by atoms with Crippen LogP contribution in [0.1, 0.15) is 30.9 Å². The quantitative estimate of drug-likeness (QED) is 0.632. The summed E-state index contributed by atoms with van der Waals surface area (Å²) in [5, 5.41) is 0.752. The summed E-state index contributed by atoms with van der Waals surface area (Å²) in [6, 6.07) is 3.57. The molecule has 5 heteroatoms. The maximum absolute atomic E-state index is 11.4. The van der Waals surface area contributed by atoms with E-state index >= 15 is 0 Å². The molecular formula is C15H20ClNO3. The molecular weight excluding hydrogens is 278 g/mol. The van der Waals surface area contributed by atoms with Gasteiger partial charge in [0, 0.05) is 30.1 Å². The highest BCUT2D eigenvalue weighted by molar-refractivity contribution is 6.31. The summed E-state index contributed by atoms with van der Waals surface area (Å²) in [5.41, 5.74) is 2.14. The number of hydrogen-bond donors (Lipinski definition) is 0. The lowest BCUT2D eigenvalue weighted by Gasteiger charge is -2.13. The zero-order valence-corrected chi connectivity index (χ0v) is 12.7. The molecule has 1 aromatic carbocycles. The first-order valence-electron chi connectivity index (χ1n) is 6.98. The Morgan fingerprint density at radius 3 is 2.70 bits per heavy atom. The highest BCUT2D eigenvalue weighted by atomic mass is 35.5. The number of hydrogen-bond acceptors (Lipinski definition) is 4. The van der Waals surface area contributed by atoms with Gasteiger partial charge in [-0.3, -0.25) is 9.78 Å². The molecule has 20 heavy (non-hydrogen) atoms. The van der Waals surface area contributed by atoms with Crippen molar-refractivity contribution in [3.63, 3.8) is 0 Å². The lowest BCUT2D eigenvalue weighted by atomic mass is 10.0. The van der Waals surface area contributed by atoms with E-state index in [1.807, 2.05) is 6.92 Å². The molecule has 0 saturated heterocycles. The first-order valence-corrected chi connectivity index (χ1v) is 7.35. The highest BCUT2D eigenvalue weighted by Gasteiger charge is 2.19. The Kier molecular flexibility index (Phi) is 5.26. The summed E-state index contributed by atoms with van der Waals surface area (Å²) in [6.07, 6.45) is 2.82. The van der Waals surface area contributed by atoms with Crippen LogP contribution in [0.25, 0.3) is 0 Å². The third-order valence-electron chi connectivity index (χ3n) is 3.50. The minimum absolute atomic E-state index is 0.345. The van der Waals surface area contributed by atoms with Gasteiger partial charge in [0.05, 0.1) is 0 Å². The maximum Gasteiger partial charge on any atom is 0.355 e. The van der Waals surface area contributed by atoms with E-state index in [-0.39, 0.29) is 5.97 Å². The van der Waals surface area contributed by atoms with E-state index in [0.29, 0.717) is 12.2 Å². The lowest BCUT2D eigenvalue weighted by Crippen LogP contribution is -2.20. The van der Waals surface area contributed by atoms with Crippen molar-refractivity contribution in [3.8, 4) is 5.75 Å². The van der Waals surface area contributed by atoms with Crippen molar-refractivity contribution in [2.75, 3.05) is 20.1 Å². The molecule has 0 fully saturated rings. The largest absolute Gasteiger partial charge is 0.355 e. The van der Waals surface area contributed by atoms with Crippen LogP contribution in [-0.4, -0.2) is 31.0 Å². The second-order valence-electron chi connectivity index (χ2n) is 5.09. The topological polar surface area (TPSA) is 38.8 Å². The number of fused-ring (bicyclic) bond motifs is 1. The molecule has 0 radical (unpaired) electrons. The number of benzene rings is 1. The molecule has 2 rings (SSSR count). The molecule has 1 aliphatic rings. The van der Waals surface area contributed by atoms with Crippen LogP contribution in [-0.2, 0) is 22.5 Å². The van der Waals surface area contributed by atoms with E-state index < -0.39 is 0 Å². The Balaban J connectivity index is 2.16. The van der Waals surface area contributed by atoms with Crippen molar-refractivity contribution in [1.82, 2.24) is 4.90 Å². The summed E-state index contributed by atoms with van der Waals surface area (Å²) in [5.74, 6) is 0.256. The average molecular weight is 298 g/mol. The molecule has 0 bridgehead atoms. The third kappa shape index (κ3) is 3.64. The normalized spacial score (nSPS) is 15.3. The smallest absolute Gasteiger partial charge is 0.306 e. The average Bonchev–Trinajstić information content (AvgIpc) is 2.62. The van der Waals surface area contributed by atoms with Gasteiger partial charge in [-0.1, -0.05) is 18.5 Å². The Hall–Kier alpha value is -1.26. The SMILES string of the molecule is CCCC(=O)OOc1ccc(Cl)c2c1CCN(C)CC2. The molecule has 0 aliphatic carbocycles. The van der Waals surface area contributed by atoms with Gasteiger partial charge < -0.3 is 4.90 Å². The van der Waals surface area contributed by atoms with Crippen LogP contribution in [0.2, 0.25) is 5.02 Å². The molecule has 0 amide bonds. The van der Waals surface area contributed by atoms with Gasteiger partial charge in [-0.2, -0.15) is 0 Å². The van der Waals surface area contributed by atoms with Crippen LogP contribution in [0, 0.1) is 0 Å². The minimum Gasteiger partial charge on any atom is -0.306 e. The second-order valence-corrected chi connectivity index (χ2v) is 5.50. The molecule has 1 heterocycles. The number of carbonyl (C=O) groups is 1. The summed E-state index contributed by atoms with van der Waals surface area (Å²) >= 11 is 6.27. The van der Waals surface area contributed by atoms with E-state index in [4.69, 9.17) is 21.4 Å². The van der Waals surface area contributed by atoms with Gasteiger partial charge in [0.2, 0.25) is 0 Å². The molecule has 0 spiro atoms. The Labute approximate surface area is 124 Å². The third-order valence-corrected chi connectivity index (χ3v) is 3.85. The summed E-state index contributed by atoms with van der Waals surface area (Å²) in [7, 11) is 2.08. The van der Waals surface area contributed by atoms with E-state index in [1.165, 1.54) is 0 Å². The first-order chi connectivity index (χ1) is 9.61. The number of rotatable bonds is 4. The molecule has 0 saturated carbocycles. The van der Waals surface area contributed by atoms with Crippen molar-refractivity contribution >= 4 is 17.6 Å². The molecule has 0 aromatic heterocycles. The van der Waals surface area contributed by atoms with Crippen molar-refractivity contribution in [2.45, 2.75) is 32.6 Å². The van der Waals surface area contributed by atoms with Gasteiger partial charge in [-0.05, 0) is 44.0 Å². The van der Waals surface area contributed by atoms with Gasteiger partial charge >= 0.3 is 5.97 Å². The zero-order valence-electron chi connectivity index (χ0n) is 11.9. The number of carbonyl (C=O) groups excluding carboxylic acids is 1. The van der Waals surface area contributed by atoms with Gasteiger partial charge in [-0.15, -0.1) is 0 Å². The first kappa shape index (κ1) is 15.1. The monoisotopic (exact) mass is 297 g/mol. The molecule has 0 atom stereocenters. The lowest BCUT2D eigenvalue weighted by molar-refractivity contribution is -0.214. The fourth-order valence-electron chi connectivity index (χ4n) is 2.32. The summed E-state index contributed by atoms with van der Waals surface area (Å²) in [6.45, 7) is 3.82. The molecule has 4 nitrogen and oxygen atoms in total. The summed E-state index contributed by atoms with van der Waals surface area (Å²) < 4.78 is 0. The van der Waals surface area contributed by atoms with Gasteiger partial charge in [0.25, 0.3) is 0 Å². The van der Waals surface area contributed by atoms with E-state index in [1.54, 1.807) is 12.1 Å². The van der Waals surface area contributed by atoms with Crippen LogP contribution in [0.5, 0.6) is 5.75 Å². The Bertz CT molecular complexity index is 490. The Morgan fingerprint density at radius 1 is 1.30 bits per heavy atom. The minimum atomic E-state index is -0.345. The van der Waals surface area contributed by atoms with Crippen molar-refractivity contribution < 1.29 is 14.6 Å². The number of halogens is 1. The van der Waals surface area contributed by atoms with Gasteiger partial charge in [-0.25, -0.2) is 4.79 Å². The fraction of sp³-hybridized carbons (Fsp3) is 0.533. The molecule has 0 unspecified atom stereocenters. The standard InChI is InChI=1S/C15H20ClNO3/c1-3-4-15(18)20-19-14-6-5-13(16)11-7-9-17(2)10-8-12(11)14/h5-6H,3-4,7-10H2,1-2H3. The van der Waals surface area contributed by atoms with Crippen LogP contribution in [0.3, 0.4) is 0 Å². The molecule has 0 N–H and O–H groups in total. The van der Waals surface area contributed by atoms with Crippen molar-refractivity contribution in [1.29, 1.82) is 0 Å². The maximum atomic E-state index is 11.4. The van der Waals surface area contributed by atoms with Crippen LogP contribution in [0.4, 0.5) is 0 Å². The number of likely N-dealkylation sites (N-methyl/N-ethyl adjacent to an activating group) is 1. The molecule has 1 aromatic rings. The zero-order chi connectivity index (χ0) is 14.5. The van der Waals surface area contributed by atoms with Crippen molar-refractivity contribution in [3.05, 3.63) is 28.3 Å². The van der Waals surface area contributed by atoms with Crippen LogP contribution >= 0.6 is 11.6 Å². The van der Waals surface area contributed by atoms with Gasteiger partial charge in [0.15, 0.2) is 5.75 Å². The van der Waals surface area contributed by atoms with E-state index in [9.17, 15) is 4.79 Å². The van der Waals surface area contributed by atoms with E-state index in [2.05, 4.69) is 11.9 Å². The molecule has 110 valence electrons. The predicted octanol–water partition coefficient (Wildman–Crippen LogP) is 3.01. The number of nitrogens with zero attached hydrogens (tertiary/aromatic N) is 1. The van der Waals surface area contributed by atoms with E-state index in [0.717, 1.165) is 48.5 Å². The van der Waals surface area contributed by atoms with Gasteiger partial charge in [0.1, 0.15) is 0 Å². The van der Waals surface area contributed by atoms with Crippen LogP contribution < -0.4 is 4.89 Å². The fourth-order valence-corrected chi connectivity index (χ4v) is 2.59. The second kappa shape index (κ2) is 6.95. The predicted molar refractivity (Wildman–Crippen MR) is 78.0 cm³/mol. The Morgan fingerprint density at radius 2 is 2.00 bits per heavy atom.